The molecule has 1 atom stereocenters. The Hall–Kier alpha value is -0.120. The second-order valence-corrected chi connectivity index (χ2v) is 5.22. The Morgan fingerprint density at radius 1 is 1.25 bits per heavy atom. The summed E-state index contributed by atoms with van der Waals surface area (Å²) in [4.78, 5) is 2.51. The molecule has 3 heteroatoms. The fourth-order valence-corrected chi connectivity index (χ4v) is 2.28. The van der Waals surface area contributed by atoms with Gasteiger partial charge in [0.25, 0.3) is 0 Å². The summed E-state index contributed by atoms with van der Waals surface area (Å²) in [6, 6.07) is 0.475. The van der Waals surface area contributed by atoms with Crippen molar-refractivity contribution >= 4 is 0 Å². The lowest BCUT2D eigenvalue weighted by molar-refractivity contribution is 0.0294. The number of nitrogens with zero attached hydrogens (tertiary/aromatic N) is 1. The SMILES string of the molecule is CCC(O)(CC)CNC(C)CN1CCCC1. The van der Waals surface area contributed by atoms with Crippen molar-refractivity contribution in [1.82, 2.24) is 10.2 Å². The Labute approximate surface area is 100 Å². The first kappa shape index (κ1) is 13.9. The van der Waals surface area contributed by atoms with Gasteiger partial charge < -0.3 is 15.3 Å². The Morgan fingerprint density at radius 3 is 2.31 bits per heavy atom. The van der Waals surface area contributed by atoms with Gasteiger partial charge in [0.2, 0.25) is 0 Å². The molecule has 1 fully saturated rings. The maximum atomic E-state index is 10.2. The van der Waals surface area contributed by atoms with Crippen LogP contribution in [0.5, 0.6) is 0 Å². The molecule has 0 radical (unpaired) electrons. The van der Waals surface area contributed by atoms with E-state index in [0.717, 1.165) is 25.9 Å². The van der Waals surface area contributed by atoms with Crippen molar-refractivity contribution in [3.8, 4) is 0 Å². The van der Waals surface area contributed by atoms with Gasteiger partial charge in [-0.2, -0.15) is 0 Å². The van der Waals surface area contributed by atoms with E-state index >= 15 is 0 Å². The topological polar surface area (TPSA) is 35.5 Å². The monoisotopic (exact) mass is 228 g/mol. The third-order valence-electron chi connectivity index (χ3n) is 3.83. The van der Waals surface area contributed by atoms with E-state index < -0.39 is 5.60 Å². The van der Waals surface area contributed by atoms with Crippen molar-refractivity contribution in [2.75, 3.05) is 26.2 Å². The molecule has 1 saturated heterocycles. The van der Waals surface area contributed by atoms with Crippen LogP contribution in [0.4, 0.5) is 0 Å². The molecule has 0 spiro atoms. The standard InChI is InChI=1S/C13H28N2O/c1-4-13(16,5-2)11-14-12(3)10-15-8-6-7-9-15/h12,14,16H,4-11H2,1-3H3. The molecule has 1 aliphatic heterocycles. The molecule has 1 rings (SSSR count). The summed E-state index contributed by atoms with van der Waals surface area (Å²) in [6.07, 6.45) is 4.35. The zero-order valence-electron chi connectivity index (χ0n) is 11.1. The molecule has 0 bridgehead atoms. The lowest BCUT2D eigenvalue weighted by Crippen LogP contribution is -2.46. The van der Waals surface area contributed by atoms with Crippen LogP contribution in [-0.2, 0) is 0 Å². The summed E-state index contributed by atoms with van der Waals surface area (Å²) in [5.41, 5.74) is -0.515. The Balaban J connectivity index is 2.20. The molecule has 96 valence electrons. The molecular formula is C13H28N2O. The molecule has 0 saturated carbocycles. The Bertz CT molecular complexity index is 186. The van der Waals surface area contributed by atoms with E-state index in [1.807, 2.05) is 0 Å². The van der Waals surface area contributed by atoms with Gasteiger partial charge in [-0.25, -0.2) is 0 Å². The summed E-state index contributed by atoms with van der Waals surface area (Å²) in [5, 5.41) is 13.6. The first-order valence-electron chi connectivity index (χ1n) is 6.77. The minimum Gasteiger partial charge on any atom is -0.389 e. The van der Waals surface area contributed by atoms with Crippen molar-refractivity contribution in [2.45, 2.75) is 58.1 Å². The number of likely N-dealkylation sites (tertiary alicyclic amines) is 1. The van der Waals surface area contributed by atoms with Gasteiger partial charge in [-0.1, -0.05) is 13.8 Å². The Morgan fingerprint density at radius 2 is 1.81 bits per heavy atom. The number of aliphatic hydroxyl groups is 1. The maximum absolute atomic E-state index is 10.2. The summed E-state index contributed by atoms with van der Waals surface area (Å²) in [6.45, 7) is 10.6. The lowest BCUT2D eigenvalue weighted by atomic mass is 9.97. The molecule has 16 heavy (non-hydrogen) atoms. The number of hydrogen-bond acceptors (Lipinski definition) is 3. The molecule has 2 N–H and O–H groups in total. The van der Waals surface area contributed by atoms with E-state index in [0.29, 0.717) is 6.04 Å². The maximum Gasteiger partial charge on any atom is 0.0766 e. The van der Waals surface area contributed by atoms with Gasteiger partial charge in [0, 0.05) is 19.1 Å². The Kier molecular flexibility index (Phi) is 5.73. The third kappa shape index (κ3) is 4.40. The third-order valence-corrected chi connectivity index (χ3v) is 3.83. The highest BCUT2D eigenvalue weighted by molar-refractivity contribution is 4.80. The fraction of sp³-hybridized carbons (Fsp3) is 1.00. The molecule has 0 amide bonds. The van der Waals surface area contributed by atoms with Gasteiger partial charge in [0.05, 0.1) is 5.60 Å². The number of nitrogens with one attached hydrogen (secondary N) is 1. The van der Waals surface area contributed by atoms with E-state index in [2.05, 4.69) is 31.0 Å². The predicted octanol–water partition coefficient (Wildman–Crippen LogP) is 1.61. The van der Waals surface area contributed by atoms with E-state index in [-0.39, 0.29) is 0 Å². The van der Waals surface area contributed by atoms with Gasteiger partial charge in [0.15, 0.2) is 0 Å². The van der Waals surface area contributed by atoms with E-state index in [1.54, 1.807) is 0 Å². The highest BCUT2D eigenvalue weighted by atomic mass is 16.3. The van der Waals surface area contributed by atoms with Crippen LogP contribution in [0.1, 0.15) is 46.5 Å². The quantitative estimate of drug-likeness (QED) is 0.695. The number of rotatable bonds is 7. The van der Waals surface area contributed by atoms with E-state index in [1.165, 1.54) is 25.9 Å². The molecule has 0 aromatic rings. The smallest absolute Gasteiger partial charge is 0.0766 e. The highest BCUT2D eigenvalue weighted by Gasteiger charge is 2.23. The van der Waals surface area contributed by atoms with Crippen LogP contribution in [-0.4, -0.2) is 47.8 Å². The minimum atomic E-state index is -0.515. The molecule has 1 unspecified atom stereocenters. The summed E-state index contributed by atoms with van der Waals surface area (Å²) < 4.78 is 0. The second-order valence-electron chi connectivity index (χ2n) is 5.22. The minimum absolute atomic E-state index is 0.475. The molecule has 3 nitrogen and oxygen atoms in total. The zero-order chi connectivity index (χ0) is 12.0. The number of hydrogen-bond donors (Lipinski definition) is 2. The van der Waals surface area contributed by atoms with Crippen molar-refractivity contribution in [3.63, 3.8) is 0 Å². The van der Waals surface area contributed by atoms with Crippen molar-refractivity contribution < 1.29 is 5.11 Å². The molecular weight excluding hydrogens is 200 g/mol. The van der Waals surface area contributed by atoms with Crippen LogP contribution < -0.4 is 5.32 Å². The first-order chi connectivity index (χ1) is 7.59. The van der Waals surface area contributed by atoms with Crippen LogP contribution in [0.15, 0.2) is 0 Å². The van der Waals surface area contributed by atoms with Gasteiger partial charge in [-0.05, 0) is 45.7 Å². The van der Waals surface area contributed by atoms with Crippen molar-refractivity contribution in [2.24, 2.45) is 0 Å². The predicted molar refractivity (Wildman–Crippen MR) is 68.7 cm³/mol. The summed E-state index contributed by atoms with van der Waals surface area (Å²) >= 11 is 0. The van der Waals surface area contributed by atoms with E-state index in [4.69, 9.17) is 0 Å². The average molecular weight is 228 g/mol. The van der Waals surface area contributed by atoms with Crippen LogP contribution in [0.2, 0.25) is 0 Å². The van der Waals surface area contributed by atoms with Crippen molar-refractivity contribution in [1.29, 1.82) is 0 Å². The van der Waals surface area contributed by atoms with Gasteiger partial charge >= 0.3 is 0 Å². The zero-order valence-corrected chi connectivity index (χ0v) is 11.1. The average Bonchev–Trinajstić information content (AvgIpc) is 2.79. The normalized spacial score (nSPS) is 20.2. The van der Waals surface area contributed by atoms with Gasteiger partial charge in [-0.3, -0.25) is 0 Å². The van der Waals surface area contributed by atoms with E-state index in [9.17, 15) is 5.11 Å². The molecule has 1 aliphatic rings. The van der Waals surface area contributed by atoms with Crippen LogP contribution in [0.25, 0.3) is 0 Å². The van der Waals surface area contributed by atoms with Gasteiger partial charge in [-0.15, -0.1) is 0 Å². The highest BCUT2D eigenvalue weighted by Crippen LogP contribution is 2.13. The second kappa shape index (κ2) is 6.58. The van der Waals surface area contributed by atoms with Crippen LogP contribution in [0, 0.1) is 0 Å². The largest absolute Gasteiger partial charge is 0.389 e. The summed E-state index contributed by atoms with van der Waals surface area (Å²) in [5.74, 6) is 0. The molecule has 1 heterocycles. The molecule has 0 aliphatic carbocycles. The molecule has 0 aromatic carbocycles. The lowest BCUT2D eigenvalue weighted by Gasteiger charge is -2.29. The van der Waals surface area contributed by atoms with Crippen LogP contribution in [0.3, 0.4) is 0 Å². The van der Waals surface area contributed by atoms with Gasteiger partial charge in [0.1, 0.15) is 0 Å². The summed E-state index contributed by atoms with van der Waals surface area (Å²) in [7, 11) is 0. The van der Waals surface area contributed by atoms with Crippen molar-refractivity contribution in [3.05, 3.63) is 0 Å². The molecule has 0 aromatic heterocycles. The fourth-order valence-electron chi connectivity index (χ4n) is 2.28. The van der Waals surface area contributed by atoms with Crippen LogP contribution >= 0.6 is 0 Å². The first-order valence-corrected chi connectivity index (χ1v) is 6.77.